The molecule has 2 nitrogen and oxygen atoms in total. The SMILES string of the molecule is Cc1c(Br)ccc2c1[C@@H](N)CO2. The zero-order chi connectivity index (χ0) is 8.72. The third-order valence-electron chi connectivity index (χ3n) is 2.20. The molecule has 1 aromatic rings. The molecule has 0 radical (unpaired) electrons. The first kappa shape index (κ1) is 8.08. The van der Waals surface area contributed by atoms with Crippen LogP contribution in [0.25, 0.3) is 0 Å². The molecule has 0 saturated carbocycles. The van der Waals surface area contributed by atoms with Crippen LogP contribution in [0.15, 0.2) is 16.6 Å². The Morgan fingerprint density at radius 1 is 1.58 bits per heavy atom. The normalized spacial score (nSPS) is 20.4. The molecule has 0 spiro atoms. The van der Waals surface area contributed by atoms with Gasteiger partial charge in [-0.2, -0.15) is 0 Å². The topological polar surface area (TPSA) is 35.2 Å². The fraction of sp³-hybridized carbons (Fsp3) is 0.333. The summed E-state index contributed by atoms with van der Waals surface area (Å²) >= 11 is 3.47. The Kier molecular flexibility index (Phi) is 1.85. The van der Waals surface area contributed by atoms with E-state index in [1.165, 1.54) is 5.56 Å². The number of fused-ring (bicyclic) bond motifs is 1. The van der Waals surface area contributed by atoms with E-state index in [1.807, 2.05) is 12.1 Å². The standard InChI is InChI=1S/C9H10BrNO/c1-5-6(10)2-3-8-9(5)7(11)4-12-8/h2-3,7H,4,11H2,1H3/t7-/m0/s1. The molecular weight excluding hydrogens is 218 g/mol. The number of benzene rings is 1. The molecule has 0 aromatic heterocycles. The van der Waals surface area contributed by atoms with Crippen LogP contribution in [0.5, 0.6) is 5.75 Å². The van der Waals surface area contributed by atoms with Gasteiger partial charge in [-0.05, 0) is 24.6 Å². The Labute approximate surface area is 79.8 Å². The highest BCUT2D eigenvalue weighted by atomic mass is 79.9. The van der Waals surface area contributed by atoms with Gasteiger partial charge in [0.2, 0.25) is 0 Å². The van der Waals surface area contributed by atoms with Gasteiger partial charge in [0.1, 0.15) is 12.4 Å². The molecule has 64 valence electrons. The molecule has 3 heteroatoms. The molecular formula is C9H10BrNO. The fourth-order valence-corrected chi connectivity index (χ4v) is 1.87. The van der Waals surface area contributed by atoms with Crippen molar-refractivity contribution in [2.24, 2.45) is 5.73 Å². The summed E-state index contributed by atoms with van der Waals surface area (Å²) in [5.74, 6) is 0.934. The summed E-state index contributed by atoms with van der Waals surface area (Å²) in [4.78, 5) is 0. The maximum atomic E-state index is 5.87. The summed E-state index contributed by atoms with van der Waals surface area (Å²) in [6.45, 7) is 2.66. The second kappa shape index (κ2) is 2.75. The molecule has 0 fully saturated rings. The van der Waals surface area contributed by atoms with Gasteiger partial charge in [-0.15, -0.1) is 0 Å². The summed E-state index contributed by atoms with van der Waals surface area (Å²) in [6, 6.07) is 3.99. The minimum absolute atomic E-state index is 0.0394. The molecule has 0 saturated heterocycles. The van der Waals surface area contributed by atoms with E-state index < -0.39 is 0 Å². The lowest BCUT2D eigenvalue weighted by Gasteiger charge is -2.06. The summed E-state index contributed by atoms with van der Waals surface area (Å²) in [5.41, 5.74) is 8.21. The van der Waals surface area contributed by atoms with Crippen molar-refractivity contribution in [3.63, 3.8) is 0 Å². The number of hydrogen-bond acceptors (Lipinski definition) is 2. The van der Waals surface area contributed by atoms with Gasteiger partial charge in [0.15, 0.2) is 0 Å². The average molecular weight is 228 g/mol. The van der Waals surface area contributed by atoms with Crippen LogP contribution < -0.4 is 10.5 Å². The number of halogens is 1. The minimum atomic E-state index is 0.0394. The first-order valence-electron chi connectivity index (χ1n) is 3.87. The van der Waals surface area contributed by atoms with Crippen molar-refractivity contribution < 1.29 is 4.74 Å². The maximum absolute atomic E-state index is 5.87. The molecule has 2 rings (SSSR count). The van der Waals surface area contributed by atoms with E-state index in [0.29, 0.717) is 6.61 Å². The van der Waals surface area contributed by atoms with Crippen molar-refractivity contribution in [3.05, 3.63) is 27.7 Å². The molecule has 2 N–H and O–H groups in total. The Bertz CT molecular complexity index is 325. The van der Waals surface area contributed by atoms with E-state index in [1.54, 1.807) is 0 Å². The summed E-state index contributed by atoms with van der Waals surface area (Å²) in [7, 11) is 0. The summed E-state index contributed by atoms with van der Waals surface area (Å²) < 4.78 is 6.50. The molecule has 1 aliphatic heterocycles. The summed E-state index contributed by atoms with van der Waals surface area (Å²) in [6.07, 6.45) is 0. The van der Waals surface area contributed by atoms with Crippen molar-refractivity contribution in [1.29, 1.82) is 0 Å². The van der Waals surface area contributed by atoms with Crippen LogP contribution in [0.3, 0.4) is 0 Å². The molecule has 12 heavy (non-hydrogen) atoms. The van der Waals surface area contributed by atoms with Crippen LogP contribution in [-0.2, 0) is 0 Å². The van der Waals surface area contributed by atoms with Gasteiger partial charge in [0, 0.05) is 10.0 Å². The van der Waals surface area contributed by atoms with Gasteiger partial charge < -0.3 is 10.5 Å². The number of ether oxygens (including phenoxy) is 1. The lowest BCUT2D eigenvalue weighted by Crippen LogP contribution is -2.11. The zero-order valence-electron chi connectivity index (χ0n) is 6.80. The maximum Gasteiger partial charge on any atom is 0.124 e. The third-order valence-corrected chi connectivity index (χ3v) is 3.06. The van der Waals surface area contributed by atoms with Crippen LogP contribution in [0.1, 0.15) is 17.2 Å². The van der Waals surface area contributed by atoms with E-state index in [4.69, 9.17) is 10.5 Å². The van der Waals surface area contributed by atoms with Crippen molar-refractivity contribution >= 4 is 15.9 Å². The van der Waals surface area contributed by atoms with Gasteiger partial charge in [0.05, 0.1) is 6.04 Å². The monoisotopic (exact) mass is 227 g/mol. The molecule has 1 aliphatic rings. The Hall–Kier alpha value is -0.540. The number of nitrogens with two attached hydrogens (primary N) is 1. The van der Waals surface area contributed by atoms with Crippen LogP contribution >= 0.6 is 15.9 Å². The predicted octanol–water partition coefficient (Wildman–Crippen LogP) is 2.15. The van der Waals surface area contributed by atoms with Gasteiger partial charge in [-0.1, -0.05) is 15.9 Å². The second-order valence-electron chi connectivity index (χ2n) is 3.00. The lowest BCUT2D eigenvalue weighted by atomic mass is 10.0. The van der Waals surface area contributed by atoms with Gasteiger partial charge in [-0.25, -0.2) is 0 Å². The van der Waals surface area contributed by atoms with Crippen LogP contribution in [-0.4, -0.2) is 6.61 Å². The summed E-state index contributed by atoms with van der Waals surface area (Å²) in [5, 5.41) is 0. The quantitative estimate of drug-likeness (QED) is 0.738. The predicted molar refractivity (Wildman–Crippen MR) is 51.3 cm³/mol. The molecule has 0 unspecified atom stereocenters. The molecule has 1 aromatic carbocycles. The van der Waals surface area contributed by atoms with Gasteiger partial charge in [0.25, 0.3) is 0 Å². The highest BCUT2D eigenvalue weighted by Gasteiger charge is 2.23. The van der Waals surface area contributed by atoms with Crippen LogP contribution in [0.2, 0.25) is 0 Å². The van der Waals surface area contributed by atoms with E-state index >= 15 is 0 Å². The van der Waals surface area contributed by atoms with Crippen molar-refractivity contribution in [1.82, 2.24) is 0 Å². The van der Waals surface area contributed by atoms with Gasteiger partial charge in [-0.3, -0.25) is 0 Å². The number of hydrogen-bond donors (Lipinski definition) is 1. The average Bonchev–Trinajstić information content (AvgIpc) is 2.41. The van der Waals surface area contributed by atoms with Crippen LogP contribution in [0.4, 0.5) is 0 Å². The fourth-order valence-electron chi connectivity index (χ4n) is 1.53. The van der Waals surface area contributed by atoms with E-state index in [2.05, 4.69) is 22.9 Å². The zero-order valence-corrected chi connectivity index (χ0v) is 8.39. The van der Waals surface area contributed by atoms with Crippen molar-refractivity contribution in [3.8, 4) is 5.75 Å². The lowest BCUT2D eigenvalue weighted by molar-refractivity contribution is 0.333. The highest BCUT2D eigenvalue weighted by Crippen LogP contribution is 2.36. The molecule has 1 heterocycles. The number of rotatable bonds is 0. The van der Waals surface area contributed by atoms with E-state index in [-0.39, 0.29) is 6.04 Å². The van der Waals surface area contributed by atoms with E-state index in [9.17, 15) is 0 Å². The largest absolute Gasteiger partial charge is 0.491 e. The Morgan fingerprint density at radius 2 is 2.33 bits per heavy atom. The first-order chi connectivity index (χ1) is 5.70. The highest BCUT2D eigenvalue weighted by molar-refractivity contribution is 9.10. The molecule has 0 aliphatic carbocycles. The molecule has 0 amide bonds. The first-order valence-corrected chi connectivity index (χ1v) is 4.67. The second-order valence-corrected chi connectivity index (χ2v) is 3.86. The molecule has 0 bridgehead atoms. The van der Waals surface area contributed by atoms with Gasteiger partial charge >= 0.3 is 0 Å². The molecule has 1 atom stereocenters. The van der Waals surface area contributed by atoms with E-state index in [0.717, 1.165) is 15.8 Å². The van der Waals surface area contributed by atoms with Crippen molar-refractivity contribution in [2.75, 3.05) is 6.61 Å². The Morgan fingerprint density at radius 3 is 3.08 bits per heavy atom. The van der Waals surface area contributed by atoms with Crippen molar-refractivity contribution in [2.45, 2.75) is 13.0 Å². The smallest absolute Gasteiger partial charge is 0.124 e. The minimum Gasteiger partial charge on any atom is -0.491 e. The van der Waals surface area contributed by atoms with Crippen LogP contribution in [0, 0.1) is 6.92 Å². The Balaban J connectivity index is 2.63. The third kappa shape index (κ3) is 1.04.